The molecule has 0 fully saturated rings. The number of carbonyl (C=O) groups is 1. The molecule has 6 nitrogen and oxygen atoms in total. The van der Waals surface area contributed by atoms with E-state index in [2.05, 4.69) is 26.1 Å². The van der Waals surface area contributed by atoms with Crippen LogP contribution in [0.5, 0.6) is 5.75 Å². The zero-order valence-corrected chi connectivity index (χ0v) is 13.8. The summed E-state index contributed by atoms with van der Waals surface area (Å²) < 4.78 is 54.2. The van der Waals surface area contributed by atoms with Gasteiger partial charge in [-0.2, -0.15) is 0 Å². The number of nitrogens with zero attached hydrogens (tertiary/aromatic N) is 2. The molecule has 0 bridgehead atoms. The second-order valence-corrected chi connectivity index (χ2v) is 5.57. The Morgan fingerprint density at radius 3 is 2.63 bits per heavy atom. The molecule has 1 heterocycles. The Morgan fingerprint density at radius 1 is 1.26 bits per heavy atom. The van der Waals surface area contributed by atoms with Gasteiger partial charge in [0.05, 0.1) is 10.5 Å². The molecule has 0 unspecified atom stereocenters. The minimum Gasteiger partial charge on any atom is -0.405 e. The molecular formula is C16H8ClF4N4O2. The molecule has 0 saturated carbocycles. The van der Waals surface area contributed by atoms with E-state index >= 15 is 0 Å². The first kappa shape index (κ1) is 18.6. The maximum atomic E-state index is 13.3. The Hall–Kier alpha value is -3.14. The third-order valence-corrected chi connectivity index (χ3v) is 3.52. The largest absolute Gasteiger partial charge is 0.573 e. The van der Waals surface area contributed by atoms with E-state index in [4.69, 9.17) is 17.3 Å². The van der Waals surface area contributed by atoms with Crippen molar-refractivity contribution in [2.75, 3.05) is 5.32 Å². The van der Waals surface area contributed by atoms with Crippen LogP contribution in [0.15, 0.2) is 30.3 Å². The number of hydrogen-bond acceptors (Lipinski definition) is 5. The summed E-state index contributed by atoms with van der Waals surface area (Å²) in [6.45, 7) is 0. The SMILES string of the molecule is NC(=O)c1nc(Nc2ccc(F)c(Cl)c2)c2c[c]c(OC(F)(F)F)cc2n1. The molecule has 2 aromatic carbocycles. The van der Waals surface area contributed by atoms with Gasteiger partial charge in [-0.1, -0.05) is 11.6 Å². The van der Waals surface area contributed by atoms with E-state index in [1.165, 1.54) is 12.1 Å². The zero-order valence-electron chi connectivity index (χ0n) is 13.1. The summed E-state index contributed by atoms with van der Waals surface area (Å²) in [5, 5.41) is 2.84. The Kier molecular flexibility index (Phi) is 4.75. The van der Waals surface area contributed by atoms with E-state index in [0.29, 0.717) is 5.69 Å². The molecule has 0 saturated heterocycles. The second-order valence-electron chi connectivity index (χ2n) is 5.16. The number of rotatable bonds is 4. The number of ether oxygens (including phenoxy) is 1. The van der Waals surface area contributed by atoms with Crippen molar-refractivity contribution in [2.24, 2.45) is 5.73 Å². The number of amides is 1. The number of hydrogen-bond donors (Lipinski definition) is 2. The highest BCUT2D eigenvalue weighted by Crippen LogP contribution is 2.30. The predicted octanol–water partition coefficient (Wildman–Crippen LogP) is 3.96. The lowest BCUT2D eigenvalue weighted by atomic mass is 10.2. The quantitative estimate of drug-likeness (QED) is 0.648. The van der Waals surface area contributed by atoms with Gasteiger partial charge in [-0.05, 0) is 24.3 Å². The molecule has 0 aliphatic heterocycles. The summed E-state index contributed by atoms with van der Waals surface area (Å²) in [6, 6.07) is 8.09. The van der Waals surface area contributed by atoms with Gasteiger partial charge in [-0.25, -0.2) is 14.4 Å². The van der Waals surface area contributed by atoms with Crippen LogP contribution in [0.4, 0.5) is 29.1 Å². The highest BCUT2D eigenvalue weighted by Gasteiger charge is 2.31. The van der Waals surface area contributed by atoms with Crippen molar-refractivity contribution < 1.29 is 27.1 Å². The summed E-state index contributed by atoms with van der Waals surface area (Å²) in [5.41, 5.74) is 5.43. The van der Waals surface area contributed by atoms with E-state index in [1.54, 1.807) is 0 Å². The summed E-state index contributed by atoms with van der Waals surface area (Å²) in [7, 11) is 0. The number of primary amides is 1. The fourth-order valence-electron chi connectivity index (χ4n) is 2.15. The standard InChI is InChI=1S/C16H8ClF4N4O2/c17-10-5-7(1-4-11(10)18)23-14-9-3-2-8(27-16(19,20)21)6-12(9)24-15(25-14)13(22)26/h1,3-6H,(H2,22,26)(H,23,24,25). The number of nitrogens with one attached hydrogen (secondary N) is 1. The molecule has 3 N–H and O–H groups in total. The molecule has 11 heteroatoms. The molecule has 27 heavy (non-hydrogen) atoms. The van der Waals surface area contributed by atoms with Crippen LogP contribution in [0.1, 0.15) is 10.6 Å². The Labute approximate surface area is 153 Å². The first-order valence-electron chi connectivity index (χ1n) is 7.13. The minimum atomic E-state index is -4.92. The molecule has 139 valence electrons. The van der Waals surface area contributed by atoms with Gasteiger partial charge in [0.1, 0.15) is 17.4 Å². The molecule has 3 rings (SSSR count). The van der Waals surface area contributed by atoms with Gasteiger partial charge in [0, 0.05) is 23.2 Å². The average Bonchev–Trinajstić information content (AvgIpc) is 2.56. The number of anilines is 2. The summed E-state index contributed by atoms with van der Waals surface area (Å²) in [4.78, 5) is 19.2. The van der Waals surface area contributed by atoms with Crippen molar-refractivity contribution in [2.45, 2.75) is 6.36 Å². The molecule has 0 atom stereocenters. The topological polar surface area (TPSA) is 90.1 Å². The van der Waals surface area contributed by atoms with Crippen LogP contribution in [-0.2, 0) is 0 Å². The van der Waals surface area contributed by atoms with Crippen LogP contribution < -0.4 is 15.8 Å². The Morgan fingerprint density at radius 2 is 2.00 bits per heavy atom. The van der Waals surface area contributed by atoms with Gasteiger partial charge in [0.25, 0.3) is 5.91 Å². The molecule has 1 aromatic heterocycles. The van der Waals surface area contributed by atoms with Crippen molar-refractivity contribution >= 4 is 39.9 Å². The smallest absolute Gasteiger partial charge is 0.405 e. The molecule has 0 aliphatic rings. The summed E-state index contributed by atoms with van der Waals surface area (Å²) in [5.74, 6) is -2.70. The molecule has 0 spiro atoms. The fourth-order valence-corrected chi connectivity index (χ4v) is 2.33. The number of halogens is 5. The van der Waals surface area contributed by atoms with E-state index in [1.807, 2.05) is 0 Å². The first-order valence-corrected chi connectivity index (χ1v) is 7.51. The lowest BCUT2D eigenvalue weighted by Gasteiger charge is -2.12. The lowest BCUT2D eigenvalue weighted by Crippen LogP contribution is -2.18. The minimum absolute atomic E-state index is 0.0336. The zero-order chi connectivity index (χ0) is 19.8. The Balaban J connectivity index is 2.09. The molecule has 1 amide bonds. The van der Waals surface area contributed by atoms with E-state index in [-0.39, 0.29) is 21.7 Å². The number of carbonyl (C=O) groups excluding carboxylic acids is 1. The number of aromatic nitrogens is 2. The predicted molar refractivity (Wildman–Crippen MR) is 88.3 cm³/mol. The van der Waals surface area contributed by atoms with Gasteiger partial charge in [0.15, 0.2) is 0 Å². The van der Waals surface area contributed by atoms with Crippen molar-refractivity contribution in [1.82, 2.24) is 9.97 Å². The number of fused-ring (bicyclic) bond motifs is 1. The number of alkyl halides is 3. The second kappa shape index (κ2) is 6.88. The maximum absolute atomic E-state index is 13.3. The summed E-state index contributed by atoms with van der Waals surface area (Å²) >= 11 is 5.71. The fraction of sp³-hybridized carbons (Fsp3) is 0.0625. The Bertz CT molecular complexity index is 1040. The van der Waals surface area contributed by atoms with Crippen molar-refractivity contribution in [3.8, 4) is 5.75 Å². The number of nitrogens with two attached hydrogens (primary N) is 1. The van der Waals surface area contributed by atoms with Gasteiger partial charge in [-0.3, -0.25) is 4.79 Å². The normalized spacial score (nSPS) is 11.4. The van der Waals surface area contributed by atoms with Crippen LogP contribution in [0.25, 0.3) is 10.9 Å². The number of benzene rings is 2. The van der Waals surface area contributed by atoms with Crippen LogP contribution in [0, 0.1) is 11.9 Å². The van der Waals surface area contributed by atoms with Crippen LogP contribution in [0.2, 0.25) is 5.02 Å². The third kappa shape index (κ3) is 4.34. The monoisotopic (exact) mass is 399 g/mol. The van der Waals surface area contributed by atoms with Gasteiger partial charge >= 0.3 is 6.36 Å². The summed E-state index contributed by atoms with van der Waals surface area (Å²) in [6.07, 6.45) is -4.92. The van der Waals surface area contributed by atoms with E-state index < -0.39 is 29.7 Å². The molecule has 1 radical (unpaired) electrons. The van der Waals surface area contributed by atoms with Gasteiger partial charge < -0.3 is 15.8 Å². The highest BCUT2D eigenvalue weighted by molar-refractivity contribution is 6.31. The third-order valence-electron chi connectivity index (χ3n) is 3.23. The van der Waals surface area contributed by atoms with Crippen LogP contribution in [0.3, 0.4) is 0 Å². The van der Waals surface area contributed by atoms with Crippen molar-refractivity contribution in [1.29, 1.82) is 0 Å². The van der Waals surface area contributed by atoms with Gasteiger partial charge in [-0.15, -0.1) is 13.2 Å². The molecule has 3 aromatic rings. The van der Waals surface area contributed by atoms with E-state index in [0.717, 1.165) is 18.2 Å². The van der Waals surface area contributed by atoms with Crippen LogP contribution in [-0.4, -0.2) is 22.2 Å². The van der Waals surface area contributed by atoms with Crippen LogP contribution >= 0.6 is 11.6 Å². The molecular weight excluding hydrogens is 392 g/mol. The molecule has 0 aliphatic carbocycles. The highest BCUT2D eigenvalue weighted by atomic mass is 35.5. The van der Waals surface area contributed by atoms with Crippen molar-refractivity contribution in [3.05, 3.63) is 53.1 Å². The van der Waals surface area contributed by atoms with E-state index in [9.17, 15) is 22.4 Å². The van der Waals surface area contributed by atoms with Crippen molar-refractivity contribution in [3.63, 3.8) is 0 Å². The van der Waals surface area contributed by atoms with Gasteiger partial charge in [0.2, 0.25) is 5.82 Å². The lowest BCUT2D eigenvalue weighted by molar-refractivity contribution is -0.274. The first-order chi connectivity index (χ1) is 12.6. The maximum Gasteiger partial charge on any atom is 0.573 e. The average molecular weight is 400 g/mol.